The van der Waals surface area contributed by atoms with Crippen LogP contribution in [0, 0.1) is 13.8 Å². The van der Waals surface area contributed by atoms with E-state index in [4.69, 9.17) is 33.3 Å². The summed E-state index contributed by atoms with van der Waals surface area (Å²) in [5.41, 5.74) is 4.53. The second-order valence-corrected chi connectivity index (χ2v) is 9.42. The number of nitrogens with one attached hydrogen (secondary N) is 2. The molecule has 7 nitrogen and oxygen atoms in total. The summed E-state index contributed by atoms with van der Waals surface area (Å²) in [6.45, 7) is 4.55. The van der Waals surface area contributed by atoms with E-state index in [2.05, 4.69) is 15.7 Å². The summed E-state index contributed by atoms with van der Waals surface area (Å²) >= 11 is 13.2. The number of benzene rings is 2. The normalized spacial score (nSPS) is 10.9. The lowest BCUT2D eigenvalue weighted by atomic mass is 10.2. The summed E-state index contributed by atoms with van der Waals surface area (Å²) in [7, 11) is 2.99. The molecule has 4 rings (SSSR count). The Hall–Kier alpha value is -3.14. The molecule has 0 fully saturated rings. The molecule has 2 aromatic carbocycles. The minimum atomic E-state index is -0.449. The zero-order valence-electron chi connectivity index (χ0n) is 19.1. The number of carbonyl (C=O) groups excluding carboxylic acids is 1. The first-order chi connectivity index (χ1) is 16.3. The van der Waals surface area contributed by atoms with Crippen LogP contribution in [0.1, 0.15) is 26.6 Å². The Labute approximate surface area is 211 Å². The summed E-state index contributed by atoms with van der Waals surface area (Å²) in [6, 6.07) is 13.5. The number of hydrogen-bond acceptors (Lipinski definition) is 6. The van der Waals surface area contributed by atoms with Crippen molar-refractivity contribution in [2.45, 2.75) is 20.4 Å². The maximum atomic E-state index is 11.9. The fourth-order valence-electron chi connectivity index (χ4n) is 3.62. The highest BCUT2D eigenvalue weighted by Gasteiger charge is 2.18. The quantitative estimate of drug-likeness (QED) is 0.240. The van der Waals surface area contributed by atoms with E-state index in [1.54, 1.807) is 7.11 Å². The van der Waals surface area contributed by atoms with Gasteiger partial charge in [-0.2, -0.15) is 5.10 Å². The molecule has 2 heterocycles. The molecule has 0 atom stereocenters. The first-order valence-electron chi connectivity index (χ1n) is 10.4. The summed E-state index contributed by atoms with van der Waals surface area (Å²) in [5.74, 6) is 0.361. The van der Waals surface area contributed by atoms with Crippen LogP contribution in [0.25, 0.3) is 10.1 Å². The summed E-state index contributed by atoms with van der Waals surface area (Å²) in [4.78, 5) is 12.3. The maximum absolute atomic E-state index is 11.9. The number of anilines is 2. The molecule has 0 radical (unpaired) electrons. The van der Waals surface area contributed by atoms with Gasteiger partial charge >= 0.3 is 5.97 Å². The third-order valence-electron chi connectivity index (χ3n) is 5.34. The van der Waals surface area contributed by atoms with Crippen molar-refractivity contribution >= 4 is 67.7 Å². The molecule has 0 saturated carbocycles. The fourth-order valence-corrected chi connectivity index (χ4v) is 5.30. The zero-order valence-corrected chi connectivity index (χ0v) is 21.5. The van der Waals surface area contributed by atoms with Gasteiger partial charge in [0.05, 0.1) is 42.9 Å². The van der Waals surface area contributed by atoms with Gasteiger partial charge < -0.3 is 20.1 Å². The lowest BCUT2D eigenvalue weighted by Gasteiger charge is -2.12. The number of rotatable bonds is 6. The number of hydrogen-bond donors (Lipinski definition) is 2. The van der Waals surface area contributed by atoms with E-state index in [9.17, 15) is 4.79 Å². The molecule has 0 amide bonds. The van der Waals surface area contributed by atoms with Crippen LogP contribution in [-0.2, 0) is 11.3 Å². The number of aromatic nitrogens is 2. The van der Waals surface area contributed by atoms with E-state index in [0.717, 1.165) is 44.2 Å². The number of thiophene rings is 1. The number of carbonyl (C=O) groups is 1. The van der Waals surface area contributed by atoms with Crippen LogP contribution in [0.3, 0.4) is 0 Å². The predicted octanol–water partition coefficient (Wildman–Crippen LogP) is 6.02. The van der Waals surface area contributed by atoms with E-state index >= 15 is 0 Å². The Balaban J connectivity index is 1.49. The van der Waals surface area contributed by atoms with Crippen LogP contribution in [0.2, 0.25) is 5.02 Å². The van der Waals surface area contributed by atoms with Crippen molar-refractivity contribution in [1.29, 1.82) is 0 Å². The maximum Gasteiger partial charge on any atom is 0.349 e. The van der Waals surface area contributed by atoms with Crippen LogP contribution in [-0.4, -0.2) is 35.1 Å². The second kappa shape index (κ2) is 10.0. The molecule has 0 spiro atoms. The first kappa shape index (κ1) is 24.0. The minimum absolute atomic E-state index is 0.381. The average Bonchev–Trinajstić information content (AvgIpc) is 3.29. The molecule has 10 heteroatoms. The third kappa shape index (κ3) is 4.86. The van der Waals surface area contributed by atoms with Gasteiger partial charge in [0.25, 0.3) is 0 Å². The number of aryl methyl sites for hydroxylation is 1. The molecule has 4 aromatic rings. The third-order valence-corrected chi connectivity index (χ3v) is 7.19. The van der Waals surface area contributed by atoms with Crippen molar-refractivity contribution in [3.05, 3.63) is 69.3 Å². The number of fused-ring (bicyclic) bond motifs is 1. The molecular formula is C24H23ClN4O3S2. The lowest BCUT2D eigenvalue weighted by molar-refractivity contribution is 0.0606. The Morgan fingerprint density at radius 1 is 1.18 bits per heavy atom. The molecule has 0 bridgehead atoms. The van der Waals surface area contributed by atoms with Crippen molar-refractivity contribution in [3.8, 4) is 5.75 Å². The van der Waals surface area contributed by atoms with Gasteiger partial charge in [-0.25, -0.2) is 4.79 Å². The highest BCUT2D eigenvalue weighted by Crippen LogP contribution is 2.37. The number of ether oxygens (including phenoxy) is 2. The highest BCUT2D eigenvalue weighted by atomic mass is 35.5. The molecule has 0 unspecified atom stereocenters. The molecule has 2 N–H and O–H groups in total. The van der Waals surface area contributed by atoms with Crippen LogP contribution in [0.4, 0.5) is 11.4 Å². The summed E-state index contributed by atoms with van der Waals surface area (Å²) < 4.78 is 12.9. The van der Waals surface area contributed by atoms with Crippen molar-refractivity contribution in [2.24, 2.45) is 0 Å². The van der Waals surface area contributed by atoms with Gasteiger partial charge in [-0.15, -0.1) is 11.3 Å². The van der Waals surface area contributed by atoms with Gasteiger partial charge in [-0.3, -0.25) is 4.68 Å². The van der Waals surface area contributed by atoms with Crippen LogP contribution in [0.15, 0.2) is 42.5 Å². The Bertz CT molecular complexity index is 1400. The van der Waals surface area contributed by atoms with Crippen LogP contribution < -0.4 is 15.4 Å². The fraction of sp³-hybridized carbons (Fsp3) is 0.208. The van der Waals surface area contributed by atoms with Gasteiger partial charge in [0, 0.05) is 15.8 Å². The number of nitrogens with zero attached hydrogens (tertiary/aromatic N) is 2. The van der Waals surface area contributed by atoms with Crippen molar-refractivity contribution < 1.29 is 14.3 Å². The summed E-state index contributed by atoms with van der Waals surface area (Å²) in [5, 5.41) is 12.8. The SMILES string of the molecule is COC(=O)c1sc2cc(NC(=S)Nc3c(C)nn(Cc4cccc(OC)c4)c3C)ccc2c1Cl. The van der Waals surface area contributed by atoms with Gasteiger partial charge in [-0.1, -0.05) is 23.7 Å². The van der Waals surface area contributed by atoms with E-state index in [1.807, 2.05) is 61.0 Å². The predicted molar refractivity (Wildman–Crippen MR) is 142 cm³/mol. The van der Waals surface area contributed by atoms with Gasteiger partial charge in [0.15, 0.2) is 5.11 Å². The molecule has 0 aliphatic carbocycles. The van der Waals surface area contributed by atoms with Crippen molar-refractivity contribution in [2.75, 3.05) is 24.9 Å². The average molecular weight is 515 g/mol. The molecule has 0 aliphatic heterocycles. The van der Waals surface area contributed by atoms with Crippen molar-refractivity contribution in [3.63, 3.8) is 0 Å². The molecule has 34 heavy (non-hydrogen) atoms. The standard InChI is InChI=1S/C24H23ClN4O3S2/c1-13-21(14(2)29(28-13)12-15-6-5-7-17(10-15)31-3)27-24(33)26-16-8-9-18-19(11-16)34-22(20(18)25)23(30)32-4/h5-11H,12H2,1-4H3,(H2,26,27,33). The van der Waals surface area contributed by atoms with E-state index in [-0.39, 0.29) is 0 Å². The van der Waals surface area contributed by atoms with E-state index < -0.39 is 5.97 Å². The monoisotopic (exact) mass is 514 g/mol. The zero-order chi connectivity index (χ0) is 24.4. The first-order valence-corrected chi connectivity index (χ1v) is 12.0. The minimum Gasteiger partial charge on any atom is -0.497 e. The number of halogens is 1. The van der Waals surface area contributed by atoms with Crippen molar-refractivity contribution in [1.82, 2.24) is 9.78 Å². The Morgan fingerprint density at radius 2 is 1.97 bits per heavy atom. The molecule has 0 saturated heterocycles. The van der Waals surface area contributed by atoms with Crippen LogP contribution in [0.5, 0.6) is 5.75 Å². The molecular weight excluding hydrogens is 492 g/mol. The smallest absolute Gasteiger partial charge is 0.349 e. The highest BCUT2D eigenvalue weighted by molar-refractivity contribution is 7.80. The Morgan fingerprint density at radius 3 is 2.71 bits per heavy atom. The van der Waals surface area contributed by atoms with E-state index in [1.165, 1.54) is 18.4 Å². The van der Waals surface area contributed by atoms with Gasteiger partial charge in [0.1, 0.15) is 10.6 Å². The number of methoxy groups -OCH3 is 2. The molecule has 2 aromatic heterocycles. The van der Waals surface area contributed by atoms with E-state index in [0.29, 0.717) is 21.6 Å². The lowest BCUT2D eigenvalue weighted by Crippen LogP contribution is -2.20. The Kier molecular flexibility index (Phi) is 7.06. The summed E-state index contributed by atoms with van der Waals surface area (Å²) in [6.07, 6.45) is 0. The number of thiocarbonyl (C=S) groups is 1. The van der Waals surface area contributed by atoms with Gasteiger partial charge in [0.2, 0.25) is 0 Å². The molecule has 0 aliphatic rings. The molecule has 176 valence electrons. The number of esters is 1. The second-order valence-electron chi connectivity index (χ2n) is 7.58. The topological polar surface area (TPSA) is 77.4 Å². The van der Waals surface area contributed by atoms with Crippen LogP contribution >= 0.6 is 35.2 Å². The van der Waals surface area contributed by atoms with Gasteiger partial charge in [-0.05, 0) is 62.0 Å². The largest absolute Gasteiger partial charge is 0.497 e.